The van der Waals surface area contributed by atoms with Crippen LogP contribution >= 0.6 is 11.3 Å². The Morgan fingerprint density at radius 2 is 2.50 bits per heavy atom. The third-order valence-corrected chi connectivity index (χ3v) is 3.23. The molecule has 0 aliphatic carbocycles. The van der Waals surface area contributed by atoms with Crippen LogP contribution in [0.1, 0.15) is 27.9 Å². The van der Waals surface area contributed by atoms with Crippen molar-refractivity contribution in [2.24, 2.45) is 0 Å². The van der Waals surface area contributed by atoms with Gasteiger partial charge in [0.1, 0.15) is 0 Å². The van der Waals surface area contributed by atoms with Crippen molar-refractivity contribution >= 4 is 11.3 Å². The average molecular weight is 185 g/mol. The number of thiazole rings is 1. The highest BCUT2D eigenvalue weighted by molar-refractivity contribution is 7.09. The molecule has 66 valence electrons. The Morgan fingerprint density at radius 1 is 1.67 bits per heavy atom. The normalized spacial score (nSPS) is 26.2. The van der Waals surface area contributed by atoms with Crippen LogP contribution in [0.25, 0.3) is 0 Å². The highest BCUT2D eigenvalue weighted by Gasteiger charge is 2.19. The van der Waals surface area contributed by atoms with Crippen molar-refractivity contribution in [3.05, 3.63) is 16.6 Å². The standard InChI is InChI=1S/C9H14N2S/c1-11-5-2-8(3-6-11)9-10-4-7-12-9/h4,7-8H,2-3,5-6H2,1H3/i1D3. The van der Waals surface area contributed by atoms with Gasteiger partial charge in [0.05, 0.1) is 5.01 Å². The first-order valence-electron chi connectivity index (χ1n) is 5.72. The van der Waals surface area contributed by atoms with E-state index in [1.807, 2.05) is 11.6 Å². The maximum atomic E-state index is 7.31. The maximum absolute atomic E-state index is 7.31. The molecule has 2 rings (SSSR count). The third kappa shape index (κ3) is 1.67. The molecule has 0 bridgehead atoms. The fraction of sp³-hybridized carbons (Fsp3) is 0.667. The summed E-state index contributed by atoms with van der Waals surface area (Å²) in [5.74, 6) is 0.462. The van der Waals surface area contributed by atoms with Crippen LogP contribution in [0, 0.1) is 0 Å². The minimum atomic E-state index is -1.92. The van der Waals surface area contributed by atoms with Crippen molar-refractivity contribution < 1.29 is 4.11 Å². The van der Waals surface area contributed by atoms with Gasteiger partial charge in [-0.05, 0) is 32.9 Å². The summed E-state index contributed by atoms with van der Waals surface area (Å²) in [6, 6.07) is 0. The molecule has 0 unspecified atom stereocenters. The van der Waals surface area contributed by atoms with E-state index in [1.54, 1.807) is 16.2 Å². The molecular weight excluding hydrogens is 168 g/mol. The number of piperidine rings is 1. The third-order valence-electron chi connectivity index (χ3n) is 2.30. The molecule has 0 spiro atoms. The van der Waals surface area contributed by atoms with Crippen LogP contribution in [0.5, 0.6) is 0 Å². The molecule has 0 amide bonds. The van der Waals surface area contributed by atoms with Gasteiger partial charge in [0.15, 0.2) is 0 Å². The molecule has 3 heteroatoms. The van der Waals surface area contributed by atoms with E-state index < -0.39 is 6.98 Å². The summed E-state index contributed by atoms with van der Waals surface area (Å²) >= 11 is 1.67. The maximum Gasteiger partial charge on any atom is 0.0956 e. The molecule has 0 N–H and O–H groups in total. The molecule has 0 atom stereocenters. The van der Waals surface area contributed by atoms with Crippen LogP contribution in [0.3, 0.4) is 0 Å². The Labute approximate surface area is 81.4 Å². The van der Waals surface area contributed by atoms with Crippen molar-refractivity contribution in [2.45, 2.75) is 18.8 Å². The zero-order valence-electron chi connectivity index (χ0n) is 9.86. The SMILES string of the molecule is [2H]C([2H])([2H])N1CCC(c2nccs2)CC1. The molecule has 0 saturated carbocycles. The van der Waals surface area contributed by atoms with Gasteiger partial charge in [0.2, 0.25) is 0 Å². The van der Waals surface area contributed by atoms with Crippen molar-refractivity contribution in [1.29, 1.82) is 0 Å². The summed E-state index contributed by atoms with van der Waals surface area (Å²) in [6.45, 7) is -0.616. The summed E-state index contributed by atoms with van der Waals surface area (Å²) in [6.07, 6.45) is 3.63. The Morgan fingerprint density at radius 3 is 3.08 bits per heavy atom. The summed E-state index contributed by atoms with van der Waals surface area (Å²) in [7, 11) is 0. The van der Waals surface area contributed by atoms with Crippen molar-refractivity contribution in [3.63, 3.8) is 0 Å². The molecule has 12 heavy (non-hydrogen) atoms. The lowest BCUT2D eigenvalue weighted by molar-refractivity contribution is 0.255. The van der Waals surface area contributed by atoms with E-state index in [-0.39, 0.29) is 0 Å². The lowest BCUT2D eigenvalue weighted by atomic mass is 9.98. The molecule has 1 saturated heterocycles. The average Bonchev–Trinajstić information content (AvgIpc) is 2.69. The van der Waals surface area contributed by atoms with E-state index in [4.69, 9.17) is 4.11 Å². The minimum absolute atomic E-state index is 0.462. The summed E-state index contributed by atoms with van der Waals surface area (Å²) < 4.78 is 21.9. The first kappa shape index (κ1) is 5.35. The lowest BCUT2D eigenvalue weighted by Crippen LogP contribution is -2.29. The van der Waals surface area contributed by atoms with Crippen molar-refractivity contribution in [1.82, 2.24) is 9.88 Å². The van der Waals surface area contributed by atoms with Gasteiger partial charge in [0, 0.05) is 21.6 Å². The Bertz CT molecular complexity index is 302. The molecule has 1 fully saturated rings. The fourth-order valence-corrected chi connectivity index (χ4v) is 2.37. The van der Waals surface area contributed by atoms with E-state index in [9.17, 15) is 0 Å². The van der Waals surface area contributed by atoms with Gasteiger partial charge in [0.25, 0.3) is 0 Å². The molecule has 1 aromatic heterocycles. The minimum Gasteiger partial charge on any atom is -0.306 e. The first-order chi connectivity index (χ1) is 7.07. The Kier molecular flexibility index (Phi) is 1.58. The quantitative estimate of drug-likeness (QED) is 0.665. The number of rotatable bonds is 1. The Hall–Kier alpha value is -0.410. The Balaban J connectivity index is 1.93. The van der Waals surface area contributed by atoms with E-state index in [0.717, 1.165) is 17.8 Å². The van der Waals surface area contributed by atoms with Gasteiger partial charge in [-0.2, -0.15) is 0 Å². The molecule has 0 aromatic carbocycles. The van der Waals surface area contributed by atoms with Gasteiger partial charge >= 0.3 is 0 Å². The molecule has 0 radical (unpaired) electrons. The van der Waals surface area contributed by atoms with Gasteiger partial charge in [-0.15, -0.1) is 11.3 Å². The predicted molar refractivity (Wildman–Crippen MR) is 51.6 cm³/mol. The second kappa shape index (κ2) is 3.54. The fourth-order valence-electron chi connectivity index (χ4n) is 1.56. The van der Waals surface area contributed by atoms with Crippen LogP contribution in [-0.2, 0) is 0 Å². The van der Waals surface area contributed by atoms with Gasteiger partial charge in [-0.1, -0.05) is 0 Å². The van der Waals surface area contributed by atoms with Crippen LogP contribution in [0.4, 0.5) is 0 Å². The van der Waals surface area contributed by atoms with Crippen LogP contribution in [-0.4, -0.2) is 29.9 Å². The summed E-state index contributed by atoms with van der Waals surface area (Å²) in [4.78, 5) is 5.87. The monoisotopic (exact) mass is 185 g/mol. The topological polar surface area (TPSA) is 16.1 Å². The first-order valence-corrected chi connectivity index (χ1v) is 5.10. The number of likely N-dealkylation sites (tertiary alicyclic amines) is 1. The zero-order chi connectivity index (χ0) is 10.9. The highest BCUT2D eigenvalue weighted by Crippen LogP contribution is 2.28. The van der Waals surface area contributed by atoms with Crippen LogP contribution in [0.15, 0.2) is 11.6 Å². The predicted octanol–water partition coefficient (Wildman–Crippen LogP) is 1.95. The van der Waals surface area contributed by atoms with E-state index in [2.05, 4.69) is 4.98 Å². The molecular formula is C9H14N2S. The van der Waals surface area contributed by atoms with Gasteiger partial charge in [-0.25, -0.2) is 4.98 Å². The summed E-state index contributed by atoms with van der Waals surface area (Å²) in [5, 5.41) is 3.13. The second-order valence-corrected chi connectivity index (χ2v) is 4.06. The number of aromatic nitrogens is 1. The molecule has 2 nitrogen and oxygen atoms in total. The van der Waals surface area contributed by atoms with Crippen molar-refractivity contribution in [2.75, 3.05) is 20.1 Å². The lowest BCUT2D eigenvalue weighted by Gasteiger charge is -2.27. The molecule has 1 aliphatic heterocycles. The summed E-state index contributed by atoms with van der Waals surface area (Å²) in [5.41, 5.74) is 0. The van der Waals surface area contributed by atoms with Crippen molar-refractivity contribution in [3.8, 4) is 0 Å². The largest absolute Gasteiger partial charge is 0.306 e. The number of nitrogens with zero attached hydrogens (tertiary/aromatic N) is 2. The highest BCUT2D eigenvalue weighted by atomic mass is 32.1. The van der Waals surface area contributed by atoms with E-state index >= 15 is 0 Å². The smallest absolute Gasteiger partial charge is 0.0956 e. The molecule has 2 heterocycles. The van der Waals surface area contributed by atoms with Gasteiger partial charge in [-0.3, -0.25) is 0 Å². The molecule has 1 aromatic rings. The zero-order valence-corrected chi connectivity index (χ0v) is 7.68. The van der Waals surface area contributed by atoms with Gasteiger partial charge < -0.3 is 4.90 Å². The van der Waals surface area contributed by atoms with Crippen LogP contribution < -0.4 is 0 Å². The molecule has 1 aliphatic rings. The van der Waals surface area contributed by atoms with Crippen LogP contribution in [0.2, 0.25) is 0 Å². The van der Waals surface area contributed by atoms with E-state index in [1.165, 1.54) is 0 Å². The second-order valence-electron chi connectivity index (χ2n) is 3.13. The van der Waals surface area contributed by atoms with E-state index in [0.29, 0.717) is 19.0 Å². The number of hydrogen-bond donors (Lipinski definition) is 0. The number of hydrogen-bond acceptors (Lipinski definition) is 3.